The second-order valence-electron chi connectivity index (χ2n) is 5.77. The van der Waals surface area contributed by atoms with Crippen LogP contribution in [0.4, 0.5) is 0 Å². The third kappa shape index (κ3) is 1.87. The summed E-state index contributed by atoms with van der Waals surface area (Å²) in [6.07, 6.45) is 6.65. The molecule has 1 aromatic heterocycles. The Morgan fingerprint density at radius 2 is 2.05 bits per heavy atom. The van der Waals surface area contributed by atoms with Crippen LogP contribution in [0.25, 0.3) is 0 Å². The van der Waals surface area contributed by atoms with Crippen LogP contribution in [0.2, 0.25) is 0 Å². The fourth-order valence-electron chi connectivity index (χ4n) is 3.58. The summed E-state index contributed by atoms with van der Waals surface area (Å²) in [4.78, 5) is 4.49. The van der Waals surface area contributed by atoms with Crippen molar-refractivity contribution in [1.82, 2.24) is 14.9 Å². The van der Waals surface area contributed by atoms with E-state index in [2.05, 4.69) is 27.1 Å². The number of aliphatic hydroxyl groups excluding tert-OH is 1. The van der Waals surface area contributed by atoms with Crippen LogP contribution in [-0.4, -0.2) is 14.7 Å². The molecule has 104 valence electrons. The molecule has 4 nitrogen and oxygen atoms in total. The van der Waals surface area contributed by atoms with Gasteiger partial charge in [-0.3, -0.25) is 0 Å². The second-order valence-corrected chi connectivity index (χ2v) is 5.77. The summed E-state index contributed by atoms with van der Waals surface area (Å²) >= 11 is 0. The first-order chi connectivity index (χ1) is 9.83. The summed E-state index contributed by atoms with van der Waals surface area (Å²) in [6, 6.07) is 8.73. The molecule has 2 heterocycles. The Morgan fingerprint density at radius 1 is 1.20 bits per heavy atom. The molecule has 1 aliphatic heterocycles. The highest BCUT2D eigenvalue weighted by Gasteiger charge is 2.32. The molecule has 3 atom stereocenters. The zero-order valence-electron chi connectivity index (χ0n) is 11.4. The van der Waals surface area contributed by atoms with Crippen molar-refractivity contribution < 1.29 is 5.11 Å². The number of hydrogen-bond acceptors (Lipinski definition) is 3. The van der Waals surface area contributed by atoms with Gasteiger partial charge in [-0.15, -0.1) is 0 Å². The highest BCUT2D eigenvalue weighted by atomic mass is 16.3. The number of nitrogens with one attached hydrogen (secondary N) is 1. The maximum absolute atomic E-state index is 10.2. The topological polar surface area (TPSA) is 50.1 Å². The van der Waals surface area contributed by atoms with Crippen LogP contribution in [-0.2, 0) is 6.54 Å². The van der Waals surface area contributed by atoms with E-state index in [0.29, 0.717) is 6.04 Å². The van der Waals surface area contributed by atoms with Crippen molar-refractivity contribution in [1.29, 1.82) is 0 Å². The molecule has 0 saturated carbocycles. The van der Waals surface area contributed by atoms with Gasteiger partial charge in [-0.2, -0.15) is 0 Å². The molecule has 1 aromatic carbocycles. The van der Waals surface area contributed by atoms with Crippen LogP contribution >= 0.6 is 0 Å². The quantitative estimate of drug-likeness (QED) is 0.880. The van der Waals surface area contributed by atoms with E-state index in [1.165, 1.54) is 12.0 Å². The van der Waals surface area contributed by atoms with Gasteiger partial charge in [-0.05, 0) is 30.4 Å². The number of aromatic nitrogens is 2. The Morgan fingerprint density at radius 3 is 2.95 bits per heavy atom. The Labute approximate surface area is 118 Å². The first kappa shape index (κ1) is 12.1. The van der Waals surface area contributed by atoms with Crippen molar-refractivity contribution >= 4 is 0 Å². The average molecular weight is 269 g/mol. The molecule has 20 heavy (non-hydrogen) atoms. The first-order valence-corrected chi connectivity index (χ1v) is 7.37. The summed E-state index contributed by atoms with van der Waals surface area (Å²) in [5.74, 6) is 1.13. The van der Waals surface area contributed by atoms with Crippen LogP contribution in [0.1, 0.15) is 54.4 Å². The van der Waals surface area contributed by atoms with Gasteiger partial charge in [0, 0.05) is 25.0 Å². The van der Waals surface area contributed by atoms with Crippen molar-refractivity contribution in [3.63, 3.8) is 0 Å². The number of aryl methyl sites for hydroxylation is 1. The van der Waals surface area contributed by atoms with Crippen LogP contribution in [0, 0.1) is 0 Å². The number of rotatable bonds is 2. The van der Waals surface area contributed by atoms with Crippen LogP contribution in [0.15, 0.2) is 36.7 Å². The van der Waals surface area contributed by atoms with Gasteiger partial charge in [0.25, 0.3) is 0 Å². The summed E-state index contributed by atoms with van der Waals surface area (Å²) < 4.78 is 2.23. The summed E-state index contributed by atoms with van der Waals surface area (Å²) in [5.41, 5.74) is 2.31. The van der Waals surface area contributed by atoms with Gasteiger partial charge in [-0.25, -0.2) is 4.98 Å². The number of fused-ring (bicyclic) bond motifs is 2. The normalized spacial score (nSPS) is 28.1. The number of imidazole rings is 1. The zero-order chi connectivity index (χ0) is 13.5. The minimum Gasteiger partial charge on any atom is -0.388 e. The predicted molar refractivity (Wildman–Crippen MR) is 76.1 cm³/mol. The van der Waals surface area contributed by atoms with E-state index in [4.69, 9.17) is 0 Å². The predicted octanol–water partition coefficient (Wildman–Crippen LogP) is 2.49. The molecule has 0 saturated heterocycles. The molecule has 2 N–H and O–H groups in total. The average Bonchev–Trinajstić information content (AvgIpc) is 3.06. The van der Waals surface area contributed by atoms with Gasteiger partial charge >= 0.3 is 0 Å². The van der Waals surface area contributed by atoms with Crippen molar-refractivity contribution in [3.05, 3.63) is 53.6 Å². The van der Waals surface area contributed by atoms with E-state index in [1.54, 1.807) is 0 Å². The molecule has 4 rings (SSSR count). The fraction of sp³-hybridized carbons (Fsp3) is 0.438. The van der Waals surface area contributed by atoms with Crippen molar-refractivity contribution in [2.45, 2.75) is 44.0 Å². The van der Waals surface area contributed by atoms with Gasteiger partial charge < -0.3 is 15.0 Å². The van der Waals surface area contributed by atoms with E-state index in [1.807, 2.05) is 24.4 Å². The lowest BCUT2D eigenvalue weighted by atomic mass is 10.0. The molecule has 4 heteroatoms. The maximum Gasteiger partial charge on any atom is 0.125 e. The summed E-state index contributed by atoms with van der Waals surface area (Å²) in [5, 5.41) is 13.9. The van der Waals surface area contributed by atoms with E-state index < -0.39 is 0 Å². The zero-order valence-corrected chi connectivity index (χ0v) is 11.4. The molecular weight excluding hydrogens is 250 g/mol. The Kier molecular flexibility index (Phi) is 2.86. The Balaban J connectivity index is 1.60. The smallest absolute Gasteiger partial charge is 0.125 e. The second kappa shape index (κ2) is 4.72. The number of benzene rings is 1. The van der Waals surface area contributed by atoms with E-state index in [-0.39, 0.29) is 12.1 Å². The SMILES string of the molecule is O[C@@H]1C[C@H](NC2CCCn3ccnc32)c2ccccc21. The van der Waals surface area contributed by atoms with Crippen LogP contribution < -0.4 is 5.32 Å². The van der Waals surface area contributed by atoms with Crippen LogP contribution in [0.5, 0.6) is 0 Å². The molecule has 1 unspecified atom stereocenters. The van der Waals surface area contributed by atoms with Crippen molar-refractivity contribution in [2.24, 2.45) is 0 Å². The largest absolute Gasteiger partial charge is 0.388 e. The van der Waals surface area contributed by atoms with Gasteiger partial charge in [0.2, 0.25) is 0 Å². The highest BCUT2D eigenvalue weighted by molar-refractivity contribution is 5.36. The minimum atomic E-state index is -0.341. The molecular formula is C16H19N3O. The standard InChI is InChI=1S/C16H19N3O/c20-15-10-14(11-4-1-2-5-12(11)15)18-13-6-3-8-19-9-7-17-16(13)19/h1-2,4-5,7,9,13-15,18,20H,3,6,8,10H2/t13?,14-,15+/m0/s1. The monoisotopic (exact) mass is 269 g/mol. The Bertz CT molecular complexity index is 622. The molecule has 0 radical (unpaired) electrons. The van der Waals surface area contributed by atoms with Gasteiger partial charge in [0.1, 0.15) is 5.82 Å². The summed E-state index contributed by atoms with van der Waals surface area (Å²) in [7, 11) is 0. The lowest BCUT2D eigenvalue weighted by Gasteiger charge is -2.27. The third-order valence-electron chi connectivity index (χ3n) is 4.54. The lowest BCUT2D eigenvalue weighted by Crippen LogP contribution is -2.30. The molecule has 2 aliphatic rings. The molecule has 0 spiro atoms. The van der Waals surface area contributed by atoms with Gasteiger partial charge in [-0.1, -0.05) is 24.3 Å². The van der Waals surface area contributed by atoms with Gasteiger partial charge in [0.05, 0.1) is 12.1 Å². The minimum absolute atomic E-state index is 0.231. The van der Waals surface area contributed by atoms with Crippen molar-refractivity contribution in [2.75, 3.05) is 0 Å². The van der Waals surface area contributed by atoms with Crippen molar-refractivity contribution in [3.8, 4) is 0 Å². The molecule has 0 fully saturated rings. The molecule has 1 aliphatic carbocycles. The molecule has 0 amide bonds. The number of nitrogens with zero attached hydrogens (tertiary/aromatic N) is 2. The third-order valence-corrected chi connectivity index (χ3v) is 4.54. The first-order valence-electron chi connectivity index (χ1n) is 7.37. The molecule has 2 aromatic rings. The fourth-order valence-corrected chi connectivity index (χ4v) is 3.58. The number of aliphatic hydroxyl groups is 1. The van der Waals surface area contributed by atoms with Crippen LogP contribution in [0.3, 0.4) is 0 Å². The highest BCUT2D eigenvalue weighted by Crippen LogP contribution is 2.40. The van der Waals surface area contributed by atoms with Gasteiger partial charge in [0.15, 0.2) is 0 Å². The van der Waals surface area contributed by atoms with E-state index >= 15 is 0 Å². The molecule has 0 bridgehead atoms. The van der Waals surface area contributed by atoms with E-state index in [0.717, 1.165) is 30.8 Å². The maximum atomic E-state index is 10.2. The summed E-state index contributed by atoms with van der Waals surface area (Å²) in [6.45, 7) is 1.07. The van der Waals surface area contributed by atoms with E-state index in [9.17, 15) is 5.11 Å². The lowest BCUT2D eigenvalue weighted by molar-refractivity contribution is 0.165. The number of hydrogen-bond donors (Lipinski definition) is 2. The Hall–Kier alpha value is -1.65.